The first-order chi connectivity index (χ1) is 16.7. The van der Waals surface area contributed by atoms with E-state index in [-0.39, 0.29) is 23.7 Å². The monoisotopic (exact) mass is 494 g/mol. The van der Waals surface area contributed by atoms with Crippen LogP contribution in [-0.4, -0.2) is 30.2 Å². The van der Waals surface area contributed by atoms with Gasteiger partial charge in [-0.05, 0) is 49.6 Å². The van der Waals surface area contributed by atoms with E-state index in [2.05, 4.69) is 4.99 Å². The molecule has 0 aliphatic carbocycles. The molecule has 0 saturated heterocycles. The number of ether oxygens (including phenoxy) is 2. The van der Waals surface area contributed by atoms with E-state index in [1.54, 1.807) is 43.3 Å². The van der Waals surface area contributed by atoms with Gasteiger partial charge in [-0.2, -0.15) is 0 Å². The van der Waals surface area contributed by atoms with Crippen LogP contribution in [0.2, 0.25) is 0 Å². The van der Waals surface area contributed by atoms with Gasteiger partial charge in [0, 0.05) is 6.08 Å². The number of rotatable bonds is 6. The van der Waals surface area contributed by atoms with Crippen LogP contribution in [0, 0.1) is 12.8 Å². The van der Waals surface area contributed by atoms with Gasteiger partial charge < -0.3 is 13.9 Å². The highest BCUT2D eigenvalue weighted by atomic mass is 32.1. The normalized spacial score (nSPS) is 15.7. The van der Waals surface area contributed by atoms with Crippen molar-refractivity contribution in [1.29, 1.82) is 0 Å². The lowest BCUT2D eigenvalue weighted by Crippen LogP contribution is -2.40. The van der Waals surface area contributed by atoms with Crippen molar-refractivity contribution in [2.45, 2.75) is 33.7 Å². The predicted molar refractivity (Wildman–Crippen MR) is 131 cm³/mol. The van der Waals surface area contributed by atoms with Crippen molar-refractivity contribution in [2.24, 2.45) is 10.9 Å². The quantitative estimate of drug-likeness (QED) is 0.488. The molecular weight excluding hydrogens is 468 g/mol. The first-order valence-corrected chi connectivity index (χ1v) is 12.0. The van der Waals surface area contributed by atoms with E-state index in [1.807, 2.05) is 26.8 Å². The van der Waals surface area contributed by atoms with Crippen molar-refractivity contribution in [3.63, 3.8) is 0 Å². The smallest absolute Gasteiger partial charge is 0.338 e. The molecule has 8 nitrogen and oxygen atoms in total. The van der Waals surface area contributed by atoms with Gasteiger partial charge in [-0.3, -0.25) is 9.36 Å². The van der Waals surface area contributed by atoms with E-state index in [1.165, 1.54) is 23.0 Å². The van der Waals surface area contributed by atoms with Crippen LogP contribution in [-0.2, 0) is 14.3 Å². The second-order valence-corrected chi connectivity index (χ2v) is 9.65. The van der Waals surface area contributed by atoms with Crippen molar-refractivity contribution in [3.8, 4) is 0 Å². The Morgan fingerprint density at radius 3 is 2.46 bits per heavy atom. The number of allylic oxidation sites excluding steroid dienone is 1. The predicted octanol–water partition coefficient (Wildman–Crippen LogP) is 3.12. The van der Waals surface area contributed by atoms with E-state index in [0.717, 1.165) is 5.76 Å². The summed E-state index contributed by atoms with van der Waals surface area (Å²) in [7, 11) is 1.31. The van der Waals surface area contributed by atoms with Crippen LogP contribution >= 0.6 is 11.3 Å². The lowest BCUT2D eigenvalue weighted by Gasteiger charge is -2.25. The van der Waals surface area contributed by atoms with Gasteiger partial charge >= 0.3 is 11.9 Å². The highest BCUT2D eigenvalue weighted by Crippen LogP contribution is 2.31. The molecule has 1 aliphatic rings. The number of benzene rings is 1. The molecule has 2 aromatic heterocycles. The lowest BCUT2D eigenvalue weighted by molar-refractivity contribution is -0.140. The van der Waals surface area contributed by atoms with Crippen LogP contribution in [0.3, 0.4) is 0 Å². The number of fused-ring (bicyclic) bond motifs is 1. The SMILES string of the molecule is COC(=O)c1ccc(C2C(C(=O)OCC(C)C)=C(C)N=c3sc(=Cc4ccc(C)o4)c(=O)n32)cc1. The van der Waals surface area contributed by atoms with Crippen LogP contribution in [0.1, 0.15) is 54.3 Å². The van der Waals surface area contributed by atoms with E-state index in [0.29, 0.717) is 31.9 Å². The van der Waals surface area contributed by atoms with E-state index in [9.17, 15) is 14.4 Å². The molecule has 1 aromatic carbocycles. The Balaban J connectivity index is 1.88. The number of methoxy groups -OCH3 is 1. The molecule has 0 saturated carbocycles. The number of esters is 2. The maximum Gasteiger partial charge on any atom is 0.338 e. The maximum atomic E-state index is 13.6. The van der Waals surface area contributed by atoms with E-state index < -0.39 is 18.0 Å². The first kappa shape index (κ1) is 24.4. The fourth-order valence-electron chi connectivity index (χ4n) is 3.80. The van der Waals surface area contributed by atoms with Gasteiger partial charge in [-0.25, -0.2) is 14.6 Å². The molecule has 0 radical (unpaired) electrons. The molecule has 1 atom stereocenters. The molecule has 35 heavy (non-hydrogen) atoms. The minimum absolute atomic E-state index is 0.149. The zero-order valence-electron chi connectivity index (χ0n) is 20.2. The topological polar surface area (TPSA) is 100 Å². The summed E-state index contributed by atoms with van der Waals surface area (Å²) in [6.07, 6.45) is 1.67. The highest BCUT2D eigenvalue weighted by Gasteiger charge is 2.33. The van der Waals surface area contributed by atoms with E-state index in [4.69, 9.17) is 13.9 Å². The number of nitrogens with zero attached hydrogens (tertiary/aromatic N) is 2. The molecule has 9 heteroatoms. The zero-order valence-corrected chi connectivity index (χ0v) is 21.0. The third-order valence-electron chi connectivity index (χ3n) is 5.47. The Morgan fingerprint density at radius 1 is 1.14 bits per heavy atom. The third kappa shape index (κ3) is 4.90. The molecule has 0 spiro atoms. The fraction of sp³-hybridized carbons (Fsp3) is 0.308. The molecule has 0 fully saturated rings. The van der Waals surface area contributed by atoms with Crippen LogP contribution in [0.5, 0.6) is 0 Å². The van der Waals surface area contributed by atoms with Crippen molar-refractivity contribution in [3.05, 3.63) is 90.0 Å². The van der Waals surface area contributed by atoms with Gasteiger partial charge in [0.05, 0.1) is 41.1 Å². The Kier molecular flexibility index (Phi) is 6.88. The largest absolute Gasteiger partial charge is 0.465 e. The highest BCUT2D eigenvalue weighted by molar-refractivity contribution is 7.07. The molecular formula is C26H26N2O6S. The van der Waals surface area contributed by atoms with Gasteiger partial charge in [0.15, 0.2) is 4.80 Å². The second kappa shape index (κ2) is 9.87. The third-order valence-corrected chi connectivity index (χ3v) is 6.45. The standard InChI is InChI=1S/C26H26N2O6S/c1-14(2)13-33-25(31)21-16(4)27-26-28(22(21)17-7-9-18(10-8-17)24(30)32-5)23(29)20(35-26)12-19-11-6-15(3)34-19/h6-12,14,22H,13H2,1-5H3. The number of hydrogen-bond acceptors (Lipinski definition) is 8. The summed E-state index contributed by atoms with van der Waals surface area (Å²) in [5, 5.41) is 0. The Bertz CT molecular complexity index is 1490. The number of carbonyl (C=O) groups excluding carboxylic acids is 2. The van der Waals surface area contributed by atoms with Crippen LogP contribution in [0.15, 0.2) is 61.9 Å². The summed E-state index contributed by atoms with van der Waals surface area (Å²) in [5.74, 6) is 0.434. The molecule has 3 heterocycles. The van der Waals surface area contributed by atoms with Gasteiger partial charge in [0.25, 0.3) is 5.56 Å². The summed E-state index contributed by atoms with van der Waals surface area (Å²) >= 11 is 1.22. The number of hydrogen-bond donors (Lipinski definition) is 0. The molecule has 3 aromatic rings. The van der Waals surface area contributed by atoms with Crippen molar-refractivity contribution < 1.29 is 23.5 Å². The Hall–Kier alpha value is -3.72. The Labute approximate surface area is 205 Å². The number of aryl methyl sites for hydroxylation is 1. The van der Waals surface area contributed by atoms with Crippen molar-refractivity contribution >= 4 is 29.4 Å². The number of carbonyl (C=O) groups is 2. The fourth-order valence-corrected chi connectivity index (χ4v) is 4.82. The van der Waals surface area contributed by atoms with Gasteiger partial charge in [0.1, 0.15) is 11.5 Å². The lowest BCUT2D eigenvalue weighted by atomic mass is 9.95. The minimum Gasteiger partial charge on any atom is -0.465 e. The summed E-state index contributed by atoms with van der Waals surface area (Å²) < 4.78 is 17.9. The Morgan fingerprint density at radius 2 is 1.86 bits per heavy atom. The average molecular weight is 495 g/mol. The summed E-state index contributed by atoms with van der Waals surface area (Å²) in [6, 6.07) is 9.47. The second-order valence-electron chi connectivity index (χ2n) is 8.64. The number of aromatic nitrogens is 1. The van der Waals surface area contributed by atoms with Crippen LogP contribution in [0.25, 0.3) is 6.08 Å². The minimum atomic E-state index is -0.766. The molecule has 0 amide bonds. The number of furan rings is 1. The molecule has 182 valence electrons. The average Bonchev–Trinajstić information content (AvgIpc) is 3.38. The van der Waals surface area contributed by atoms with E-state index >= 15 is 0 Å². The maximum absolute atomic E-state index is 13.6. The zero-order chi connectivity index (χ0) is 25.3. The summed E-state index contributed by atoms with van der Waals surface area (Å²) in [6.45, 7) is 7.70. The number of thiazole rings is 1. The molecule has 4 rings (SSSR count). The molecule has 1 unspecified atom stereocenters. The first-order valence-electron chi connectivity index (χ1n) is 11.1. The summed E-state index contributed by atoms with van der Waals surface area (Å²) in [4.78, 5) is 43.7. The van der Waals surface area contributed by atoms with Gasteiger partial charge in [-0.15, -0.1) is 0 Å². The van der Waals surface area contributed by atoms with Crippen molar-refractivity contribution in [2.75, 3.05) is 13.7 Å². The van der Waals surface area contributed by atoms with Crippen LogP contribution < -0.4 is 14.9 Å². The van der Waals surface area contributed by atoms with Gasteiger partial charge in [0.2, 0.25) is 0 Å². The molecule has 1 aliphatic heterocycles. The van der Waals surface area contributed by atoms with Gasteiger partial charge in [-0.1, -0.05) is 37.3 Å². The molecule has 0 N–H and O–H groups in total. The van der Waals surface area contributed by atoms with Crippen molar-refractivity contribution in [1.82, 2.24) is 4.57 Å². The van der Waals surface area contributed by atoms with Crippen LogP contribution in [0.4, 0.5) is 0 Å². The molecule has 0 bridgehead atoms. The summed E-state index contributed by atoms with van der Waals surface area (Å²) in [5.41, 5.74) is 1.46.